The Labute approximate surface area is 119 Å². The zero-order chi connectivity index (χ0) is 14.0. The Bertz CT molecular complexity index is 476. The lowest BCUT2D eigenvalue weighted by atomic mass is 10.1. The lowest BCUT2D eigenvalue weighted by Crippen LogP contribution is -2.34. The topological polar surface area (TPSA) is 54.9 Å². The number of carbonyl (C=O) groups is 1. The van der Waals surface area contributed by atoms with Crippen LogP contribution >= 0.6 is 11.6 Å². The molecule has 19 heavy (non-hydrogen) atoms. The summed E-state index contributed by atoms with van der Waals surface area (Å²) in [4.78, 5) is 20.6. The summed E-state index contributed by atoms with van der Waals surface area (Å²) in [7, 11) is 0. The molecule has 1 aromatic rings. The van der Waals surface area contributed by atoms with Crippen molar-refractivity contribution in [2.75, 3.05) is 0 Å². The Morgan fingerprint density at radius 3 is 2.79 bits per heavy atom. The number of halogens is 1. The van der Waals surface area contributed by atoms with E-state index in [-0.39, 0.29) is 17.9 Å². The average molecular weight is 282 g/mol. The molecule has 0 spiro atoms. The van der Waals surface area contributed by atoms with Crippen LogP contribution in [0.15, 0.2) is 6.20 Å². The molecule has 1 N–H and O–H groups in total. The maximum atomic E-state index is 12.2. The Balaban J connectivity index is 2.12. The number of aromatic nitrogens is 2. The molecule has 2 rings (SSSR count). The SMILES string of the molecule is CC1CCC(NC(=O)c2nc(C(C)C)ncc2Cl)C1. The molecule has 1 aromatic heterocycles. The zero-order valence-corrected chi connectivity index (χ0v) is 12.4. The van der Waals surface area contributed by atoms with Crippen molar-refractivity contribution in [3.63, 3.8) is 0 Å². The van der Waals surface area contributed by atoms with E-state index in [4.69, 9.17) is 11.6 Å². The van der Waals surface area contributed by atoms with Gasteiger partial charge >= 0.3 is 0 Å². The Morgan fingerprint density at radius 2 is 2.21 bits per heavy atom. The first kappa shape index (κ1) is 14.3. The largest absolute Gasteiger partial charge is 0.348 e. The van der Waals surface area contributed by atoms with Gasteiger partial charge in [0, 0.05) is 12.0 Å². The van der Waals surface area contributed by atoms with Crippen molar-refractivity contribution < 1.29 is 4.79 Å². The summed E-state index contributed by atoms with van der Waals surface area (Å²) < 4.78 is 0. The zero-order valence-electron chi connectivity index (χ0n) is 11.6. The van der Waals surface area contributed by atoms with Gasteiger partial charge in [-0.3, -0.25) is 4.79 Å². The molecular formula is C14H20ClN3O. The summed E-state index contributed by atoms with van der Waals surface area (Å²) in [5.41, 5.74) is 0.292. The van der Waals surface area contributed by atoms with Crippen molar-refractivity contribution in [1.82, 2.24) is 15.3 Å². The molecule has 2 unspecified atom stereocenters. The highest BCUT2D eigenvalue weighted by molar-refractivity contribution is 6.33. The standard InChI is InChI=1S/C14H20ClN3O/c1-8(2)13-16-7-11(15)12(18-13)14(19)17-10-5-4-9(3)6-10/h7-10H,4-6H2,1-3H3,(H,17,19). The molecule has 0 aromatic carbocycles. The van der Waals surface area contributed by atoms with Crippen molar-refractivity contribution in [2.45, 2.75) is 52.0 Å². The maximum absolute atomic E-state index is 12.2. The summed E-state index contributed by atoms with van der Waals surface area (Å²) in [6.07, 6.45) is 4.74. The molecule has 1 aliphatic rings. The van der Waals surface area contributed by atoms with Crippen molar-refractivity contribution in [2.24, 2.45) is 5.92 Å². The smallest absolute Gasteiger partial charge is 0.271 e. The monoisotopic (exact) mass is 281 g/mol. The van der Waals surface area contributed by atoms with E-state index in [1.165, 1.54) is 12.6 Å². The molecule has 104 valence electrons. The van der Waals surface area contributed by atoms with Crippen LogP contribution in [-0.2, 0) is 0 Å². The second-order valence-corrected chi connectivity index (χ2v) is 6.08. The van der Waals surface area contributed by atoms with Crippen LogP contribution in [0.4, 0.5) is 0 Å². The van der Waals surface area contributed by atoms with E-state index in [1.54, 1.807) is 0 Å². The summed E-state index contributed by atoms with van der Waals surface area (Å²) in [6, 6.07) is 0.246. The van der Waals surface area contributed by atoms with Crippen LogP contribution < -0.4 is 5.32 Å². The predicted octanol–water partition coefficient (Wildman–Crippen LogP) is 3.17. The fourth-order valence-electron chi connectivity index (χ4n) is 2.41. The molecule has 0 saturated heterocycles. The molecule has 1 saturated carbocycles. The van der Waals surface area contributed by atoms with Gasteiger partial charge in [-0.05, 0) is 25.2 Å². The van der Waals surface area contributed by atoms with Crippen LogP contribution in [0.25, 0.3) is 0 Å². The van der Waals surface area contributed by atoms with Gasteiger partial charge in [-0.1, -0.05) is 32.4 Å². The number of hydrogen-bond donors (Lipinski definition) is 1. The summed E-state index contributed by atoms with van der Waals surface area (Å²) in [5, 5.41) is 3.33. The van der Waals surface area contributed by atoms with Crippen molar-refractivity contribution in [1.29, 1.82) is 0 Å². The third kappa shape index (κ3) is 3.44. The van der Waals surface area contributed by atoms with E-state index < -0.39 is 0 Å². The summed E-state index contributed by atoms with van der Waals surface area (Å²) in [5.74, 6) is 1.32. The number of rotatable bonds is 3. The Hall–Kier alpha value is -1.16. The number of nitrogens with zero attached hydrogens (tertiary/aromatic N) is 2. The molecule has 5 heteroatoms. The highest BCUT2D eigenvalue weighted by Crippen LogP contribution is 2.25. The Kier molecular flexibility index (Phi) is 4.40. The van der Waals surface area contributed by atoms with Gasteiger partial charge in [-0.25, -0.2) is 9.97 Å². The van der Waals surface area contributed by atoms with E-state index >= 15 is 0 Å². The quantitative estimate of drug-likeness (QED) is 0.926. The minimum atomic E-state index is -0.187. The second kappa shape index (κ2) is 5.87. The van der Waals surface area contributed by atoms with Crippen LogP contribution in [0.5, 0.6) is 0 Å². The number of hydrogen-bond acceptors (Lipinski definition) is 3. The van der Waals surface area contributed by atoms with Gasteiger partial charge < -0.3 is 5.32 Å². The van der Waals surface area contributed by atoms with E-state index in [2.05, 4.69) is 22.2 Å². The van der Waals surface area contributed by atoms with Gasteiger partial charge in [0.05, 0.1) is 11.2 Å². The number of nitrogens with one attached hydrogen (secondary N) is 1. The van der Waals surface area contributed by atoms with Crippen molar-refractivity contribution in [3.8, 4) is 0 Å². The lowest BCUT2D eigenvalue weighted by Gasteiger charge is -2.13. The van der Waals surface area contributed by atoms with Crippen LogP contribution in [0, 0.1) is 5.92 Å². The minimum absolute atomic E-state index is 0.176. The summed E-state index contributed by atoms with van der Waals surface area (Å²) >= 11 is 6.02. The van der Waals surface area contributed by atoms with Crippen LogP contribution in [0.1, 0.15) is 62.3 Å². The highest BCUT2D eigenvalue weighted by Gasteiger charge is 2.24. The van der Waals surface area contributed by atoms with Crippen LogP contribution in [-0.4, -0.2) is 21.9 Å². The molecule has 1 heterocycles. The minimum Gasteiger partial charge on any atom is -0.348 e. The molecule has 0 radical (unpaired) electrons. The van der Waals surface area contributed by atoms with Gasteiger partial charge in [-0.15, -0.1) is 0 Å². The highest BCUT2D eigenvalue weighted by atomic mass is 35.5. The predicted molar refractivity (Wildman–Crippen MR) is 75.4 cm³/mol. The van der Waals surface area contributed by atoms with Gasteiger partial charge in [0.1, 0.15) is 11.5 Å². The molecule has 0 aliphatic heterocycles. The Morgan fingerprint density at radius 1 is 1.47 bits per heavy atom. The first-order chi connectivity index (χ1) is 8.97. The van der Waals surface area contributed by atoms with Crippen LogP contribution in [0.2, 0.25) is 5.02 Å². The van der Waals surface area contributed by atoms with Gasteiger partial charge in [0.2, 0.25) is 0 Å². The first-order valence-electron chi connectivity index (χ1n) is 6.80. The number of carbonyl (C=O) groups excluding carboxylic acids is 1. The fraction of sp³-hybridized carbons (Fsp3) is 0.643. The maximum Gasteiger partial charge on any atom is 0.271 e. The first-order valence-corrected chi connectivity index (χ1v) is 7.18. The normalized spacial score (nSPS) is 22.8. The number of amides is 1. The lowest BCUT2D eigenvalue weighted by molar-refractivity contribution is 0.0932. The molecular weight excluding hydrogens is 262 g/mol. The molecule has 2 atom stereocenters. The average Bonchev–Trinajstić information content (AvgIpc) is 2.74. The van der Waals surface area contributed by atoms with Crippen molar-refractivity contribution >= 4 is 17.5 Å². The van der Waals surface area contributed by atoms with E-state index in [0.29, 0.717) is 22.5 Å². The van der Waals surface area contributed by atoms with Gasteiger partial charge in [0.15, 0.2) is 0 Å². The fourth-order valence-corrected chi connectivity index (χ4v) is 2.59. The van der Waals surface area contributed by atoms with E-state index in [0.717, 1.165) is 12.8 Å². The van der Waals surface area contributed by atoms with E-state index in [1.807, 2.05) is 13.8 Å². The molecule has 1 amide bonds. The molecule has 1 fully saturated rings. The second-order valence-electron chi connectivity index (χ2n) is 5.67. The van der Waals surface area contributed by atoms with Gasteiger partial charge in [-0.2, -0.15) is 0 Å². The summed E-state index contributed by atoms with van der Waals surface area (Å²) in [6.45, 7) is 6.19. The molecule has 4 nitrogen and oxygen atoms in total. The third-order valence-electron chi connectivity index (χ3n) is 3.52. The van der Waals surface area contributed by atoms with Gasteiger partial charge in [0.25, 0.3) is 5.91 Å². The molecule has 0 bridgehead atoms. The van der Waals surface area contributed by atoms with Crippen LogP contribution in [0.3, 0.4) is 0 Å². The molecule has 1 aliphatic carbocycles. The third-order valence-corrected chi connectivity index (χ3v) is 3.80. The van der Waals surface area contributed by atoms with E-state index in [9.17, 15) is 4.79 Å². The van der Waals surface area contributed by atoms with Crippen molar-refractivity contribution in [3.05, 3.63) is 22.7 Å².